The minimum absolute atomic E-state index is 0.0278. The summed E-state index contributed by atoms with van der Waals surface area (Å²) in [5, 5.41) is 23.2. The number of aliphatic hydroxyl groups is 2. The molecule has 0 bridgehead atoms. The number of hydrogen-bond acceptors (Lipinski definition) is 5. The Hall–Kier alpha value is -2.18. The number of carbonyl (C=O) groups is 2. The quantitative estimate of drug-likeness (QED) is 0.0320. The first kappa shape index (κ1) is 69.8. The number of allylic oxidation sites excluding steroid dienone is 7. The van der Waals surface area contributed by atoms with E-state index in [0.29, 0.717) is 19.4 Å². The molecule has 0 aromatic carbocycles. The Balaban J connectivity index is 3.51. The van der Waals surface area contributed by atoms with E-state index in [1.807, 2.05) is 6.08 Å². The highest BCUT2D eigenvalue weighted by Crippen LogP contribution is 2.17. The topological polar surface area (TPSA) is 95.9 Å². The molecule has 0 aliphatic heterocycles. The fourth-order valence-corrected chi connectivity index (χ4v) is 9.66. The van der Waals surface area contributed by atoms with Gasteiger partial charge in [-0.1, -0.05) is 274 Å². The van der Waals surface area contributed by atoms with E-state index in [0.717, 1.165) is 89.9 Å². The van der Waals surface area contributed by atoms with E-state index in [9.17, 15) is 19.8 Å². The van der Waals surface area contributed by atoms with Crippen LogP contribution < -0.4 is 5.32 Å². The van der Waals surface area contributed by atoms with Crippen LogP contribution in [0, 0.1) is 0 Å². The van der Waals surface area contributed by atoms with Gasteiger partial charge in [0, 0.05) is 12.8 Å². The van der Waals surface area contributed by atoms with Crippen LogP contribution in [0.5, 0.6) is 0 Å². The lowest BCUT2D eigenvalue weighted by molar-refractivity contribution is -0.143. The summed E-state index contributed by atoms with van der Waals surface area (Å²) in [5.41, 5.74) is 0. The number of hydrogen-bond donors (Lipinski definition) is 3. The maximum absolute atomic E-state index is 12.5. The molecule has 2 atom stereocenters. The zero-order valence-corrected chi connectivity index (χ0v) is 48.2. The van der Waals surface area contributed by atoms with E-state index in [1.54, 1.807) is 6.08 Å². The van der Waals surface area contributed by atoms with Gasteiger partial charge >= 0.3 is 5.97 Å². The van der Waals surface area contributed by atoms with Crippen LogP contribution >= 0.6 is 0 Å². The van der Waals surface area contributed by atoms with Crippen LogP contribution in [0.2, 0.25) is 0 Å². The van der Waals surface area contributed by atoms with Crippen molar-refractivity contribution in [2.45, 2.75) is 347 Å². The summed E-state index contributed by atoms with van der Waals surface area (Å²) in [6, 6.07) is -0.649. The van der Waals surface area contributed by atoms with Gasteiger partial charge in [-0.15, -0.1) is 0 Å². The molecule has 0 aliphatic rings. The molecule has 0 aromatic heterocycles. The van der Waals surface area contributed by atoms with Gasteiger partial charge < -0.3 is 20.3 Å². The maximum Gasteiger partial charge on any atom is 0.305 e. The normalized spacial score (nSPS) is 12.9. The first-order valence-electron chi connectivity index (χ1n) is 31.9. The van der Waals surface area contributed by atoms with Gasteiger partial charge in [-0.2, -0.15) is 0 Å². The van der Waals surface area contributed by atoms with Crippen LogP contribution in [-0.4, -0.2) is 47.4 Å². The van der Waals surface area contributed by atoms with Crippen molar-refractivity contribution in [3.8, 4) is 0 Å². The fourth-order valence-electron chi connectivity index (χ4n) is 9.66. The summed E-state index contributed by atoms with van der Waals surface area (Å²) < 4.78 is 5.47. The molecule has 3 N–H and O–H groups in total. The van der Waals surface area contributed by atoms with Crippen LogP contribution in [0.3, 0.4) is 0 Å². The Kier molecular flexibility index (Phi) is 59.5. The van der Waals surface area contributed by atoms with Crippen molar-refractivity contribution in [3.63, 3.8) is 0 Å². The van der Waals surface area contributed by atoms with Gasteiger partial charge in [0.1, 0.15) is 0 Å². The van der Waals surface area contributed by atoms with Crippen molar-refractivity contribution in [2.75, 3.05) is 13.2 Å². The molecule has 0 aromatic rings. The number of esters is 1. The molecule has 0 rings (SSSR count). The summed E-state index contributed by atoms with van der Waals surface area (Å²) in [7, 11) is 0. The zero-order chi connectivity index (χ0) is 52.2. The smallest absolute Gasteiger partial charge is 0.305 e. The Labute approximate surface area is 448 Å². The molecular weight excluding hydrogens is 887 g/mol. The van der Waals surface area contributed by atoms with Gasteiger partial charge in [-0.25, -0.2) is 0 Å². The number of aliphatic hydroxyl groups excluding tert-OH is 2. The van der Waals surface area contributed by atoms with Crippen LogP contribution in [0.4, 0.5) is 0 Å². The maximum atomic E-state index is 12.5. The molecule has 2 unspecified atom stereocenters. The second-order valence-electron chi connectivity index (χ2n) is 21.7. The zero-order valence-electron chi connectivity index (χ0n) is 48.2. The monoisotopic (exact) mass is 1010 g/mol. The van der Waals surface area contributed by atoms with E-state index in [1.165, 1.54) is 218 Å². The van der Waals surface area contributed by atoms with Gasteiger partial charge in [0.2, 0.25) is 5.91 Å². The van der Waals surface area contributed by atoms with Crippen molar-refractivity contribution in [1.29, 1.82) is 0 Å². The molecule has 1 amide bonds. The molecule has 72 heavy (non-hydrogen) atoms. The SMILES string of the molecule is CCCCC/C=C\C/C=C\CCCCCCCCCCCC(=O)OCCCCC/C=C\CCCCCCCC(=O)NC(CO)C(O)/C=C/CCCCCCCCCCCCCCCCCCCCCCCC. The highest BCUT2D eigenvalue weighted by molar-refractivity contribution is 5.76. The Bertz CT molecular complexity index is 1210. The third-order valence-corrected chi connectivity index (χ3v) is 14.6. The van der Waals surface area contributed by atoms with Crippen molar-refractivity contribution >= 4 is 11.9 Å². The van der Waals surface area contributed by atoms with Crippen LogP contribution in [0.25, 0.3) is 0 Å². The van der Waals surface area contributed by atoms with Crippen molar-refractivity contribution in [3.05, 3.63) is 48.6 Å². The Morgan fingerprint density at radius 1 is 0.389 bits per heavy atom. The Morgan fingerprint density at radius 3 is 1.10 bits per heavy atom. The largest absolute Gasteiger partial charge is 0.466 e. The summed E-state index contributed by atoms with van der Waals surface area (Å²) in [6.07, 6.45) is 78.7. The predicted octanol–water partition coefficient (Wildman–Crippen LogP) is 20.1. The van der Waals surface area contributed by atoms with Gasteiger partial charge in [-0.05, 0) is 96.3 Å². The average molecular weight is 1010 g/mol. The van der Waals surface area contributed by atoms with E-state index in [-0.39, 0.29) is 18.5 Å². The minimum atomic E-state index is -0.863. The highest BCUT2D eigenvalue weighted by atomic mass is 16.5. The lowest BCUT2D eigenvalue weighted by atomic mass is 10.0. The number of rotatable bonds is 59. The number of carbonyl (C=O) groups excluding carboxylic acids is 2. The van der Waals surface area contributed by atoms with Crippen molar-refractivity contribution in [1.82, 2.24) is 5.32 Å². The molecule has 6 heteroatoms. The summed E-state index contributed by atoms with van der Waals surface area (Å²) >= 11 is 0. The number of amides is 1. The third-order valence-electron chi connectivity index (χ3n) is 14.6. The second-order valence-corrected chi connectivity index (χ2v) is 21.7. The summed E-state index contributed by atoms with van der Waals surface area (Å²) in [4.78, 5) is 24.6. The minimum Gasteiger partial charge on any atom is -0.466 e. The molecule has 422 valence electrons. The molecular formula is C66H123NO5. The fraction of sp³-hybridized carbons (Fsp3) is 0.848. The molecule has 6 nitrogen and oxygen atoms in total. The predicted molar refractivity (Wildman–Crippen MR) is 315 cm³/mol. The lowest BCUT2D eigenvalue weighted by Gasteiger charge is -2.20. The standard InChI is InChI=1S/C66H123NO5/c1-3-5-7-9-11-13-15-17-19-21-23-24-25-26-27-29-30-32-34-38-42-46-50-54-58-64(69)63(62-68)67-65(70)59-55-51-47-43-39-36-37-41-45-49-53-57-61-72-66(71)60-56-52-48-44-40-35-33-31-28-22-20-18-16-14-12-10-8-6-4-2/h12,14,18,20,37,41,54,58,63-64,68-69H,3-11,13,15-17,19,21-36,38-40,42-53,55-57,59-62H2,1-2H3,(H,67,70)/b14-12-,20-18-,41-37-,58-54+. The van der Waals surface area contributed by atoms with E-state index in [4.69, 9.17) is 4.74 Å². The van der Waals surface area contributed by atoms with Crippen molar-refractivity contribution in [2.24, 2.45) is 0 Å². The van der Waals surface area contributed by atoms with Gasteiger partial charge in [0.05, 0.1) is 25.4 Å². The lowest BCUT2D eigenvalue weighted by Crippen LogP contribution is -2.45. The van der Waals surface area contributed by atoms with E-state index < -0.39 is 12.1 Å². The molecule has 0 radical (unpaired) electrons. The number of nitrogens with one attached hydrogen (secondary N) is 1. The molecule has 0 saturated heterocycles. The van der Waals surface area contributed by atoms with Gasteiger partial charge in [0.15, 0.2) is 0 Å². The Morgan fingerprint density at radius 2 is 0.694 bits per heavy atom. The molecule has 0 spiro atoms. The number of unbranched alkanes of at least 4 members (excludes halogenated alkanes) is 42. The highest BCUT2D eigenvalue weighted by Gasteiger charge is 2.18. The summed E-state index contributed by atoms with van der Waals surface area (Å²) in [5.74, 6) is -0.119. The van der Waals surface area contributed by atoms with Gasteiger partial charge in [0.25, 0.3) is 0 Å². The van der Waals surface area contributed by atoms with E-state index >= 15 is 0 Å². The molecule has 0 saturated carbocycles. The van der Waals surface area contributed by atoms with Crippen LogP contribution in [0.1, 0.15) is 335 Å². The molecule has 0 heterocycles. The first-order chi connectivity index (χ1) is 35.5. The van der Waals surface area contributed by atoms with E-state index in [2.05, 4.69) is 55.6 Å². The number of ether oxygens (including phenoxy) is 1. The average Bonchev–Trinajstić information content (AvgIpc) is 3.38. The second kappa shape index (κ2) is 61.4. The summed E-state index contributed by atoms with van der Waals surface area (Å²) in [6.45, 7) is 4.84. The molecule has 0 fully saturated rings. The van der Waals surface area contributed by atoms with Crippen LogP contribution in [0.15, 0.2) is 48.6 Å². The van der Waals surface area contributed by atoms with Crippen LogP contribution in [-0.2, 0) is 14.3 Å². The van der Waals surface area contributed by atoms with Gasteiger partial charge in [-0.3, -0.25) is 9.59 Å². The first-order valence-corrected chi connectivity index (χ1v) is 31.9. The third kappa shape index (κ3) is 57.1. The molecule has 0 aliphatic carbocycles. The van der Waals surface area contributed by atoms with Crippen molar-refractivity contribution < 1.29 is 24.5 Å².